The first kappa shape index (κ1) is 18.1. The van der Waals surface area contributed by atoms with E-state index in [1.54, 1.807) is 7.11 Å². The molecule has 0 fully saturated rings. The summed E-state index contributed by atoms with van der Waals surface area (Å²) < 4.78 is 10.1. The van der Waals surface area contributed by atoms with E-state index in [4.69, 9.17) is 9.47 Å². The Hall–Kier alpha value is -1.92. The molecule has 122 valence electrons. The molecule has 0 aromatic heterocycles. The van der Waals surface area contributed by atoms with Crippen LogP contribution in [0.4, 0.5) is 0 Å². The van der Waals surface area contributed by atoms with Crippen molar-refractivity contribution in [2.75, 3.05) is 33.5 Å². The average molecular weight is 308 g/mol. The highest BCUT2D eigenvalue weighted by atomic mass is 16.5. The van der Waals surface area contributed by atoms with Gasteiger partial charge in [0.25, 0.3) is 0 Å². The molecule has 1 rings (SSSR count). The summed E-state index contributed by atoms with van der Waals surface area (Å²) in [5.74, 6) is -0.289. The molecule has 6 nitrogen and oxygen atoms in total. The van der Waals surface area contributed by atoms with Gasteiger partial charge in [-0.3, -0.25) is 9.59 Å². The van der Waals surface area contributed by atoms with Crippen molar-refractivity contribution in [3.05, 3.63) is 35.9 Å². The minimum atomic E-state index is -0.326. The maximum atomic E-state index is 12.0. The summed E-state index contributed by atoms with van der Waals surface area (Å²) in [5.41, 5.74) is 0.907. The lowest BCUT2D eigenvalue weighted by molar-refractivity contribution is -0.123. The normalized spacial score (nSPS) is 11.7. The quantitative estimate of drug-likeness (QED) is 0.633. The molecule has 0 spiro atoms. The van der Waals surface area contributed by atoms with Gasteiger partial charge in [-0.15, -0.1) is 0 Å². The molecule has 2 N–H and O–H groups in total. The van der Waals surface area contributed by atoms with Crippen LogP contribution in [0.3, 0.4) is 0 Å². The number of carbonyl (C=O) groups is 2. The highest BCUT2D eigenvalue weighted by Gasteiger charge is 2.16. The van der Waals surface area contributed by atoms with Crippen LogP contribution >= 0.6 is 0 Å². The SMILES string of the molecule is COCCOCCNC(=O)CC(NC(C)=O)c1ccccc1. The standard InChI is InChI=1S/C16H24N2O4/c1-13(19)18-15(14-6-4-3-5-7-14)12-16(20)17-8-9-22-11-10-21-2/h3-7,15H,8-12H2,1-2H3,(H,17,20)(H,18,19). The van der Waals surface area contributed by atoms with Crippen LogP contribution in [0.5, 0.6) is 0 Å². The van der Waals surface area contributed by atoms with Gasteiger partial charge in [0, 0.05) is 20.6 Å². The maximum absolute atomic E-state index is 12.0. The molecule has 1 unspecified atom stereocenters. The molecule has 0 aliphatic rings. The number of methoxy groups -OCH3 is 1. The average Bonchev–Trinajstić information content (AvgIpc) is 2.50. The number of hydrogen-bond acceptors (Lipinski definition) is 4. The predicted octanol–water partition coefficient (Wildman–Crippen LogP) is 1.03. The van der Waals surface area contributed by atoms with Gasteiger partial charge in [0.15, 0.2) is 0 Å². The molecule has 22 heavy (non-hydrogen) atoms. The van der Waals surface area contributed by atoms with Gasteiger partial charge < -0.3 is 20.1 Å². The van der Waals surface area contributed by atoms with E-state index >= 15 is 0 Å². The van der Waals surface area contributed by atoms with Crippen molar-refractivity contribution >= 4 is 11.8 Å². The van der Waals surface area contributed by atoms with Crippen molar-refractivity contribution in [3.63, 3.8) is 0 Å². The van der Waals surface area contributed by atoms with Crippen molar-refractivity contribution in [1.82, 2.24) is 10.6 Å². The zero-order chi connectivity index (χ0) is 16.2. The van der Waals surface area contributed by atoms with Crippen LogP contribution in [-0.4, -0.2) is 45.3 Å². The summed E-state index contributed by atoms with van der Waals surface area (Å²) in [6.07, 6.45) is 0.196. The fourth-order valence-corrected chi connectivity index (χ4v) is 1.95. The summed E-state index contributed by atoms with van der Waals surface area (Å²) in [6.45, 7) is 3.35. The first-order chi connectivity index (χ1) is 10.6. The van der Waals surface area contributed by atoms with E-state index in [1.807, 2.05) is 30.3 Å². The lowest BCUT2D eigenvalue weighted by atomic mass is 10.0. The molecule has 0 aliphatic carbocycles. The third-order valence-electron chi connectivity index (χ3n) is 2.97. The van der Waals surface area contributed by atoms with Crippen LogP contribution < -0.4 is 10.6 Å². The Bertz CT molecular complexity index is 451. The zero-order valence-corrected chi connectivity index (χ0v) is 13.1. The molecule has 1 aromatic carbocycles. The molecule has 0 bridgehead atoms. The predicted molar refractivity (Wildman–Crippen MR) is 83.3 cm³/mol. The highest BCUT2D eigenvalue weighted by molar-refractivity contribution is 5.79. The van der Waals surface area contributed by atoms with Crippen molar-refractivity contribution in [2.24, 2.45) is 0 Å². The van der Waals surface area contributed by atoms with E-state index in [2.05, 4.69) is 10.6 Å². The Labute approximate surface area is 131 Å². The fraction of sp³-hybridized carbons (Fsp3) is 0.500. The number of rotatable bonds is 10. The van der Waals surface area contributed by atoms with E-state index in [-0.39, 0.29) is 24.3 Å². The van der Waals surface area contributed by atoms with Crippen LogP contribution in [0, 0.1) is 0 Å². The van der Waals surface area contributed by atoms with E-state index in [9.17, 15) is 9.59 Å². The number of amides is 2. The highest BCUT2D eigenvalue weighted by Crippen LogP contribution is 2.16. The third-order valence-corrected chi connectivity index (χ3v) is 2.97. The third kappa shape index (κ3) is 7.75. The summed E-state index contributed by atoms with van der Waals surface area (Å²) in [5, 5.41) is 5.57. The van der Waals surface area contributed by atoms with Gasteiger partial charge in [-0.25, -0.2) is 0 Å². The fourth-order valence-electron chi connectivity index (χ4n) is 1.95. The number of nitrogens with one attached hydrogen (secondary N) is 2. The summed E-state index contributed by atoms with van der Waals surface area (Å²) in [6, 6.07) is 9.11. The van der Waals surface area contributed by atoms with Crippen LogP contribution in [0.25, 0.3) is 0 Å². The van der Waals surface area contributed by atoms with Crippen molar-refractivity contribution in [3.8, 4) is 0 Å². The van der Waals surface area contributed by atoms with E-state index in [1.165, 1.54) is 6.92 Å². The van der Waals surface area contributed by atoms with Crippen LogP contribution in [0.15, 0.2) is 30.3 Å². The lowest BCUT2D eigenvalue weighted by Crippen LogP contribution is -2.34. The first-order valence-corrected chi connectivity index (χ1v) is 7.29. The van der Waals surface area contributed by atoms with Crippen LogP contribution in [0.2, 0.25) is 0 Å². The minimum Gasteiger partial charge on any atom is -0.382 e. The molecule has 2 amide bonds. The molecule has 0 heterocycles. The van der Waals surface area contributed by atoms with E-state index < -0.39 is 0 Å². The Balaban J connectivity index is 2.38. The topological polar surface area (TPSA) is 76.7 Å². The summed E-state index contributed by atoms with van der Waals surface area (Å²) in [4.78, 5) is 23.2. The van der Waals surface area contributed by atoms with E-state index in [0.29, 0.717) is 26.4 Å². The van der Waals surface area contributed by atoms with Gasteiger partial charge in [0.1, 0.15) is 0 Å². The van der Waals surface area contributed by atoms with Crippen molar-refractivity contribution in [1.29, 1.82) is 0 Å². The Morgan fingerprint density at radius 3 is 2.50 bits per heavy atom. The van der Waals surface area contributed by atoms with Gasteiger partial charge in [-0.05, 0) is 5.56 Å². The Morgan fingerprint density at radius 1 is 1.14 bits per heavy atom. The number of ether oxygens (including phenoxy) is 2. The number of hydrogen-bond donors (Lipinski definition) is 2. The van der Waals surface area contributed by atoms with Crippen molar-refractivity contribution < 1.29 is 19.1 Å². The maximum Gasteiger partial charge on any atom is 0.222 e. The van der Waals surface area contributed by atoms with Gasteiger partial charge in [0.05, 0.1) is 32.3 Å². The minimum absolute atomic E-state index is 0.127. The molecule has 0 radical (unpaired) electrons. The van der Waals surface area contributed by atoms with E-state index in [0.717, 1.165) is 5.56 Å². The van der Waals surface area contributed by atoms with Gasteiger partial charge >= 0.3 is 0 Å². The smallest absolute Gasteiger partial charge is 0.222 e. The number of benzene rings is 1. The Morgan fingerprint density at radius 2 is 1.86 bits per heavy atom. The largest absolute Gasteiger partial charge is 0.382 e. The monoisotopic (exact) mass is 308 g/mol. The molecule has 1 atom stereocenters. The second-order valence-corrected chi connectivity index (χ2v) is 4.82. The molecular formula is C16H24N2O4. The molecule has 0 aliphatic heterocycles. The molecule has 0 saturated carbocycles. The van der Waals surface area contributed by atoms with Crippen LogP contribution in [0.1, 0.15) is 24.9 Å². The molecule has 6 heteroatoms. The van der Waals surface area contributed by atoms with Gasteiger partial charge in [-0.1, -0.05) is 30.3 Å². The molecule has 1 aromatic rings. The van der Waals surface area contributed by atoms with Gasteiger partial charge in [-0.2, -0.15) is 0 Å². The summed E-state index contributed by atoms with van der Waals surface area (Å²) in [7, 11) is 1.61. The first-order valence-electron chi connectivity index (χ1n) is 7.29. The van der Waals surface area contributed by atoms with Crippen molar-refractivity contribution in [2.45, 2.75) is 19.4 Å². The molecule has 0 saturated heterocycles. The lowest BCUT2D eigenvalue weighted by Gasteiger charge is -2.18. The van der Waals surface area contributed by atoms with Gasteiger partial charge in [0.2, 0.25) is 11.8 Å². The van der Waals surface area contributed by atoms with Crippen LogP contribution in [-0.2, 0) is 19.1 Å². The Kier molecular flexibility index (Phi) is 8.86. The molecular weight excluding hydrogens is 284 g/mol. The second-order valence-electron chi connectivity index (χ2n) is 4.82. The second kappa shape index (κ2) is 10.8. The zero-order valence-electron chi connectivity index (χ0n) is 13.1. The summed E-state index contributed by atoms with van der Waals surface area (Å²) >= 11 is 0. The number of carbonyl (C=O) groups excluding carboxylic acids is 2.